The molecule has 0 unspecified atom stereocenters. The summed E-state index contributed by atoms with van der Waals surface area (Å²) in [7, 11) is 0. The van der Waals surface area contributed by atoms with Crippen molar-refractivity contribution in [2.45, 2.75) is 26.3 Å². The van der Waals surface area contributed by atoms with Crippen molar-refractivity contribution in [1.29, 1.82) is 5.26 Å². The molecule has 1 amide bonds. The summed E-state index contributed by atoms with van der Waals surface area (Å²) >= 11 is 0. The summed E-state index contributed by atoms with van der Waals surface area (Å²) in [6.07, 6.45) is 0.839. The van der Waals surface area contributed by atoms with Crippen LogP contribution in [0.4, 0.5) is 0 Å². The van der Waals surface area contributed by atoms with E-state index in [0.29, 0.717) is 12.8 Å². The number of hydrogen-bond acceptors (Lipinski definition) is 4. The van der Waals surface area contributed by atoms with Crippen molar-refractivity contribution in [2.75, 3.05) is 13.1 Å². The minimum absolute atomic E-state index is 0.197. The van der Waals surface area contributed by atoms with E-state index in [-0.39, 0.29) is 5.91 Å². The van der Waals surface area contributed by atoms with Crippen LogP contribution in [-0.2, 0) is 17.8 Å². The fraction of sp³-hybridized carbons (Fsp3) is 0.429. The van der Waals surface area contributed by atoms with Crippen molar-refractivity contribution in [3.8, 4) is 6.07 Å². The van der Waals surface area contributed by atoms with E-state index >= 15 is 0 Å². The van der Waals surface area contributed by atoms with Crippen molar-refractivity contribution in [2.24, 2.45) is 5.84 Å². The van der Waals surface area contributed by atoms with Gasteiger partial charge in [-0.15, -0.1) is 0 Å². The Bertz CT molecular complexity index is 436. The summed E-state index contributed by atoms with van der Waals surface area (Å²) in [5.74, 6) is 4.85. The summed E-state index contributed by atoms with van der Waals surface area (Å²) < 4.78 is 0. The lowest BCUT2D eigenvalue weighted by molar-refractivity contribution is -0.120. The topological polar surface area (TPSA) is 82.2 Å². The molecule has 0 heterocycles. The normalized spacial score (nSPS) is 10.2. The highest BCUT2D eigenvalue weighted by Crippen LogP contribution is 2.08. The first-order valence-electron chi connectivity index (χ1n) is 6.36. The second-order valence-corrected chi connectivity index (χ2v) is 4.34. The van der Waals surface area contributed by atoms with Crippen LogP contribution in [0.2, 0.25) is 0 Å². The Kier molecular flexibility index (Phi) is 6.58. The summed E-state index contributed by atoms with van der Waals surface area (Å²) in [5, 5.41) is 8.60. The number of nitrogens with two attached hydrogens (primary N) is 1. The van der Waals surface area contributed by atoms with E-state index in [4.69, 9.17) is 11.1 Å². The minimum Gasteiger partial charge on any atom is -0.298 e. The fourth-order valence-corrected chi connectivity index (χ4v) is 1.81. The van der Waals surface area contributed by atoms with Crippen molar-refractivity contribution in [3.05, 3.63) is 35.4 Å². The van der Waals surface area contributed by atoms with Gasteiger partial charge in [-0.05, 0) is 17.7 Å². The molecule has 102 valence electrons. The Morgan fingerprint density at radius 1 is 1.37 bits per heavy atom. The zero-order chi connectivity index (χ0) is 14.1. The second kappa shape index (κ2) is 8.25. The summed E-state index contributed by atoms with van der Waals surface area (Å²) in [6, 6.07) is 10.0. The van der Waals surface area contributed by atoms with Gasteiger partial charge in [0.1, 0.15) is 0 Å². The summed E-state index contributed by atoms with van der Waals surface area (Å²) in [6.45, 7) is 4.60. The van der Waals surface area contributed by atoms with E-state index in [9.17, 15) is 4.79 Å². The Balaban J connectivity index is 2.55. The molecule has 0 fully saturated rings. The van der Waals surface area contributed by atoms with E-state index in [2.05, 4.69) is 23.3 Å². The zero-order valence-corrected chi connectivity index (χ0v) is 11.2. The minimum atomic E-state index is -0.197. The lowest BCUT2D eigenvalue weighted by Crippen LogP contribution is -2.31. The van der Waals surface area contributed by atoms with Gasteiger partial charge in [-0.3, -0.25) is 15.1 Å². The van der Waals surface area contributed by atoms with Crippen LogP contribution in [0.15, 0.2) is 24.3 Å². The number of nitrogens with zero attached hydrogens (tertiary/aromatic N) is 2. The first-order chi connectivity index (χ1) is 9.19. The number of nitriles is 1. The van der Waals surface area contributed by atoms with Gasteiger partial charge in [0.15, 0.2) is 0 Å². The molecule has 1 aromatic carbocycles. The first kappa shape index (κ1) is 15.2. The molecule has 0 atom stereocenters. The summed E-state index contributed by atoms with van der Waals surface area (Å²) in [4.78, 5) is 13.3. The van der Waals surface area contributed by atoms with Gasteiger partial charge in [0.05, 0.1) is 12.5 Å². The van der Waals surface area contributed by atoms with E-state index in [1.165, 1.54) is 5.56 Å². The van der Waals surface area contributed by atoms with Crippen molar-refractivity contribution < 1.29 is 4.79 Å². The van der Waals surface area contributed by atoms with E-state index in [0.717, 1.165) is 25.2 Å². The number of hydrazine groups is 1. The maximum Gasteiger partial charge on any atom is 0.238 e. The average Bonchev–Trinajstić information content (AvgIpc) is 2.45. The molecular weight excluding hydrogens is 240 g/mol. The number of nitrogens with one attached hydrogen (secondary N) is 1. The van der Waals surface area contributed by atoms with Crippen LogP contribution < -0.4 is 11.3 Å². The average molecular weight is 260 g/mol. The van der Waals surface area contributed by atoms with Crippen LogP contribution in [0.5, 0.6) is 0 Å². The number of hydrogen-bond donors (Lipinski definition) is 2. The van der Waals surface area contributed by atoms with Gasteiger partial charge in [-0.2, -0.15) is 5.26 Å². The molecule has 0 aliphatic rings. The lowest BCUT2D eigenvalue weighted by atomic mass is 10.1. The number of benzene rings is 1. The third kappa shape index (κ3) is 5.51. The second-order valence-electron chi connectivity index (χ2n) is 4.34. The molecule has 1 aromatic rings. The molecule has 0 radical (unpaired) electrons. The number of carbonyl (C=O) groups is 1. The highest BCUT2D eigenvalue weighted by Gasteiger charge is 2.05. The number of amides is 1. The number of rotatable bonds is 7. The van der Waals surface area contributed by atoms with Gasteiger partial charge in [-0.25, -0.2) is 5.84 Å². The monoisotopic (exact) mass is 260 g/mol. The predicted octanol–water partition coefficient (Wildman–Crippen LogP) is 0.955. The van der Waals surface area contributed by atoms with Crippen LogP contribution in [-0.4, -0.2) is 23.9 Å². The molecule has 0 aliphatic heterocycles. The van der Waals surface area contributed by atoms with Gasteiger partial charge in [0.25, 0.3) is 0 Å². The molecule has 0 saturated carbocycles. The number of carbonyl (C=O) groups excluding carboxylic acids is 1. The first-order valence-corrected chi connectivity index (χ1v) is 6.36. The van der Waals surface area contributed by atoms with Crippen LogP contribution in [0.25, 0.3) is 0 Å². The van der Waals surface area contributed by atoms with Crippen LogP contribution in [0.1, 0.15) is 24.5 Å². The Hall–Kier alpha value is -1.90. The van der Waals surface area contributed by atoms with E-state index < -0.39 is 0 Å². The standard InChI is InChI=1S/C14H20N4O/c1-2-18(9-3-8-15)11-13-6-4-12(5-7-13)10-14(19)17-16/h4-7H,2-3,9-11,16H2,1H3,(H,17,19). The zero-order valence-electron chi connectivity index (χ0n) is 11.2. The van der Waals surface area contributed by atoms with Gasteiger partial charge in [0.2, 0.25) is 5.91 Å². The Labute approximate surface area is 114 Å². The van der Waals surface area contributed by atoms with Crippen LogP contribution >= 0.6 is 0 Å². The highest BCUT2D eigenvalue weighted by molar-refractivity contribution is 5.77. The molecule has 5 nitrogen and oxygen atoms in total. The SMILES string of the molecule is CCN(CCC#N)Cc1ccc(CC(=O)NN)cc1. The molecule has 5 heteroatoms. The lowest BCUT2D eigenvalue weighted by Gasteiger charge is -2.19. The maximum absolute atomic E-state index is 11.1. The quantitative estimate of drug-likeness (QED) is 0.434. The maximum atomic E-state index is 11.1. The molecule has 0 bridgehead atoms. The van der Waals surface area contributed by atoms with Gasteiger partial charge < -0.3 is 0 Å². The molecule has 0 spiro atoms. The molecule has 3 N–H and O–H groups in total. The highest BCUT2D eigenvalue weighted by atomic mass is 16.2. The fourth-order valence-electron chi connectivity index (χ4n) is 1.81. The van der Waals surface area contributed by atoms with Gasteiger partial charge >= 0.3 is 0 Å². The van der Waals surface area contributed by atoms with E-state index in [1.54, 1.807) is 0 Å². The molecule has 0 aromatic heterocycles. The van der Waals surface area contributed by atoms with E-state index in [1.807, 2.05) is 24.3 Å². The van der Waals surface area contributed by atoms with Crippen molar-refractivity contribution in [1.82, 2.24) is 10.3 Å². The summed E-state index contributed by atoms with van der Waals surface area (Å²) in [5.41, 5.74) is 4.23. The molecule has 19 heavy (non-hydrogen) atoms. The third-order valence-corrected chi connectivity index (χ3v) is 2.94. The molecule has 0 aliphatic carbocycles. The smallest absolute Gasteiger partial charge is 0.238 e. The van der Waals surface area contributed by atoms with Crippen molar-refractivity contribution >= 4 is 5.91 Å². The van der Waals surface area contributed by atoms with Crippen LogP contribution in [0.3, 0.4) is 0 Å². The third-order valence-electron chi connectivity index (χ3n) is 2.94. The van der Waals surface area contributed by atoms with Crippen LogP contribution in [0, 0.1) is 11.3 Å². The Morgan fingerprint density at radius 2 is 2.00 bits per heavy atom. The molecule has 0 saturated heterocycles. The Morgan fingerprint density at radius 3 is 2.53 bits per heavy atom. The van der Waals surface area contributed by atoms with Gasteiger partial charge in [0, 0.05) is 19.5 Å². The predicted molar refractivity (Wildman–Crippen MR) is 73.7 cm³/mol. The molecule has 1 rings (SSSR count). The largest absolute Gasteiger partial charge is 0.298 e. The van der Waals surface area contributed by atoms with Crippen molar-refractivity contribution in [3.63, 3.8) is 0 Å². The molecular formula is C14H20N4O. The van der Waals surface area contributed by atoms with Gasteiger partial charge in [-0.1, -0.05) is 31.2 Å².